The largest absolute Gasteiger partial charge is 0.376 e. The fraction of sp³-hybridized carbons (Fsp3) is 0.600. The van der Waals surface area contributed by atoms with E-state index in [0.717, 1.165) is 56.6 Å². The van der Waals surface area contributed by atoms with Crippen molar-refractivity contribution < 1.29 is 9.59 Å². The summed E-state index contributed by atoms with van der Waals surface area (Å²) >= 11 is 0. The number of anilines is 2. The lowest BCUT2D eigenvalue weighted by atomic mass is 10.2. The van der Waals surface area contributed by atoms with Crippen LogP contribution in [0, 0.1) is 0 Å². The highest BCUT2D eigenvalue weighted by Gasteiger charge is 2.11. The van der Waals surface area contributed by atoms with Crippen LogP contribution in [0.1, 0.15) is 59.3 Å². The van der Waals surface area contributed by atoms with E-state index in [2.05, 4.69) is 31.4 Å². The van der Waals surface area contributed by atoms with Crippen molar-refractivity contribution in [1.82, 2.24) is 4.90 Å². The molecule has 0 unspecified atom stereocenters. The number of unbranched alkanes of at least 4 members (excludes halogenated alkanes) is 2. The van der Waals surface area contributed by atoms with Crippen molar-refractivity contribution in [2.75, 3.05) is 30.3 Å². The molecule has 2 amide bonds. The molecule has 0 radical (unpaired) electrons. The number of nitrogens with zero attached hydrogens (tertiary/aromatic N) is 1. The molecule has 5 nitrogen and oxygen atoms in total. The fourth-order valence-electron chi connectivity index (χ4n) is 2.66. The van der Waals surface area contributed by atoms with Gasteiger partial charge in [0.25, 0.3) is 0 Å². The molecule has 0 heterocycles. The van der Waals surface area contributed by atoms with Crippen LogP contribution in [0.25, 0.3) is 0 Å². The Hall–Kier alpha value is -2.04. The van der Waals surface area contributed by atoms with Gasteiger partial charge in [-0.1, -0.05) is 39.7 Å². The summed E-state index contributed by atoms with van der Waals surface area (Å²) in [5.74, 6) is 0.149. The number of rotatable bonds is 12. The highest BCUT2D eigenvalue weighted by atomic mass is 16.2. The van der Waals surface area contributed by atoms with E-state index in [0.29, 0.717) is 6.42 Å². The summed E-state index contributed by atoms with van der Waals surface area (Å²) in [6.45, 7) is 8.14. The van der Waals surface area contributed by atoms with Crippen molar-refractivity contribution in [1.29, 1.82) is 0 Å². The summed E-state index contributed by atoms with van der Waals surface area (Å²) in [6, 6.07) is 7.52. The zero-order chi connectivity index (χ0) is 18.5. The number of benzene rings is 1. The van der Waals surface area contributed by atoms with Crippen molar-refractivity contribution in [3.8, 4) is 0 Å². The SMILES string of the molecule is CCCCCC(=O)Nc1cccc(NCC(=O)N(CCC)CCC)c1. The van der Waals surface area contributed by atoms with Crippen LogP contribution in [0.3, 0.4) is 0 Å². The van der Waals surface area contributed by atoms with Crippen molar-refractivity contribution >= 4 is 23.2 Å². The van der Waals surface area contributed by atoms with Gasteiger partial charge in [-0.25, -0.2) is 0 Å². The van der Waals surface area contributed by atoms with E-state index in [-0.39, 0.29) is 18.4 Å². The second kappa shape index (κ2) is 12.3. The first-order valence-electron chi connectivity index (χ1n) is 9.52. The standard InChI is InChI=1S/C20H33N3O2/c1-4-7-8-12-19(24)22-18-11-9-10-17(15-18)21-16-20(25)23(13-5-2)14-6-3/h9-11,15,21H,4-8,12-14,16H2,1-3H3,(H,22,24). The van der Waals surface area contributed by atoms with Crippen LogP contribution in [0.15, 0.2) is 24.3 Å². The van der Waals surface area contributed by atoms with Gasteiger partial charge in [0.2, 0.25) is 11.8 Å². The molecule has 0 aliphatic heterocycles. The maximum absolute atomic E-state index is 12.3. The van der Waals surface area contributed by atoms with Crippen LogP contribution < -0.4 is 10.6 Å². The molecule has 0 saturated heterocycles. The smallest absolute Gasteiger partial charge is 0.241 e. The minimum atomic E-state index is 0.0405. The molecule has 0 bridgehead atoms. The molecule has 1 aromatic rings. The molecule has 1 aromatic carbocycles. The molecule has 25 heavy (non-hydrogen) atoms. The number of carbonyl (C=O) groups is 2. The van der Waals surface area contributed by atoms with Gasteiger partial charge in [-0.15, -0.1) is 0 Å². The first-order valence-corrected chi connectivity index (χ1v) is 9.52. The van der Waals surface area contributed by atoms with Gasteiger partial charge in [0.15, 0.2) is 0 Å². The molecule has 0 fully saturated rings. The second-order valence-corrected chi connectivity index (χ2v) is 6.32. The molecule has 140 valence electrons. The Morgan fingerprint density at radius 2 is 1.64 bits per heavy atom. The first kappa shape index (κ1) is 21.0. The predicted octanol–water partition coefficient (Wildman–Crippen LogP) is 4.27. The summed E-state index contributed by atoms with van der Waals surface area (Å²) in [5, 5.41) is 6.08. The van der Waals surface area contributed by atoms with Gasteiger partial charge in [0.1, 0.15) is 0 Å². The summed E-state index contributed by atoms with van der Waals surface area (Å²) in [5.41, 5.74) is 1.60. The summed E-state index contributed by atoms with van der Waals surface area (Å²) in [6.07, 6.45) is 5.57. The number of hydrogen-bond donors (Lipinski definition) is 2. The van der Waals surface area contributed by atoms with Crippen LogP contribution in [0.4, 0.5) is 11.4 Å². The molecular weight excluding hydrogens is 314 g/mol. The van der Waals surface area contributed by atoms with E-state index < -0.39 is 0 Å². The van der Waals surface area contributed by atoms with E-state index in [1.807, 2.05) is 29.2 Å². The Labute approximate surface area is 152 Å². The average Bonchev–Trinajstić information content (AvgIpc) is 2.60. The van der Waals surface area contributed by atoms with Gasteiger partial charge in [0, 0.05) is 30.9 Å². The average molecular weight is 348 g/mol. The van der Waals surface area contributed by atoms with E-state index >= 15 is 0 Å². The van der Waals surface area contributed by atoms with E-state index in [1.165, 1.54) is 0 Å². The lowest BCUT2D eigenvalue weighted by Gasteiger charge is -2.22. The third-order valence-electron chi connectivity index (χ3n) is 3.94. The quantitative estimate of drug-likeness (QED) is 0.555. The molecule has 2 N–H and O–H groups in total. The lowest BCUT2D eigenvalue weighted by Crippen LogP contribution is -2.36. The number of nitrogens with one attached hydrogen (secondary N) is 2. The molecule has 0 spiro atoms. The van der Waals surface area contributed by atoms with Gasteiger partial charge in [-0.2, -0.15) is 0 Å². The summed E-state index contributed by atoms with van der Waals surface area (Å²) < 4.78 is 0. The zero-order valence-corrected chi connectivity index (χ0v) is 15.9. The third-order valence-corrected chi connectivity index (χ3v) is 3.94. The minimum absolute atomic E-state index is 0.0405. The van der Waals surface area contributed by atoms with E-state index in [4.69, 9.17) is 0 Å². The highest BCUT2D eigenvalue weighted by molar-refractivity contribution is 5.91. The topological polar surface area (TPSA) is 61.4 Å². The molecule has 0 saturated carbocycles. The molecule has 0 aliphatic carbocycles. The van der Waals surface area contributed by atoms with Crippen LogP contribution >= 0.6 is 0 Å². The van der Waals surface area contributed by atoms with Crippen molar-refractivity contribution in [2.24, 2.45) is 0 Å². The van der Waals surface area contributed by atoms with Gasteiger partial charge in [0.05, 0.1) is 6.54 Å². The predicted molar refractivity (Wildman–Crippen MR) is 105 cm³/mol. The third kappa shape index (κ3) is 8.57. The summed E-state index contributed by atoms with van der Waals surface area (Å²) in [7, 11) is 0. The van der Waals surface area contributed by atoms with E-state index in [1.54, 1.807) is 0 Å². The molecule has 1 rings (SSSR count). The molecule has 0 atom stereocenters. The monoisotopic (exact) mass is 347 g/mol. The number of hydrogen-bond acceptors (Lipinski definition) is 3. The maximum atomic E-state index is 12.3. The van der Waals surface area contributed by atoms with Gasteiger partial charge in [-0.3, -0.25) is 9.59 Å². The number of amides is 2. The van der Waals surface area contributed by atoms with Crippen LogP contribution in [0.5, 0.6) is 0 Å². The van der Waals surface area contributed by atoms with Crippen molar-refractivity contribution in [3.63, 3.8) is 0 Å². The van der Waals surface area contributed by atoms with Gasteiger partial charge >= 0.3 is 0 Å². The van der Waals surface area contributed by atoms with Gasteiger partial charge in [-0.05, 0) is 37.5 Å². The highest BCUT2D eigenvalue weighted by Crippen LogP contribution is 2.15. The molecular formula is C20H33N3O2. The zero-order valence-electron chi connectivity index (χ0n) is 15.9. The Balaban J connectivity index is 2.51. The lowest BCUT2D eigenvalue weighted by molar-refractivity contribution is -0.129. The van der Waals surface area contributed by atoms with Crippen LogP contribution in [-0.4, -0.2) is 36.3 Å². The minimum Gasteiger partial charge on any atom is -0.376 e. The number of carbonyl (C=O) groups excluding carboxylic acids is 2. The second-order valence-electron chi connectivity index (χ2n) is 6.32. The van der Waals surface area contributed by atoms with Crippen molar-refractivity contribution in [2.45, 2.75) is 59.3 Å². The van der Waals surface area contributed by atoms with Crippen LogP contribution in [-0.2, 0) is 9.59 Å². The Kier molecular flexibility index (Phi) is 10.4. The van der Waals surface area contributed by atoms with Crippen molar-refractivity contribution in [3.05, 3.63) is 24.3 Å². The van der Waals surface area contributed by atoms with E-state index in [9.17, 15) is 9.59 Å². The molecule has 0 aromatic heterocycles. The van der Waals surface area contributed by atoms with Gasteiger partial charge < -0.3 is 15.5 Å². The fourth-order valence-corrected chi connectivity index (χ4v) is 2.66. The van der Waals surface area contributed by atoms with Crippen LogP contribution in [0.2, 0.25) is 0 Å². The Morgan fingerprint density at radius 3 is 2.28 bits per heavy atom. The Bertz CT molecular complexity index is 525. The molecule has 5 heteroatoms. The normalized spacial score (nSPS) is 10.4. The Morgan fingerprint density at radius 1 is 0.960 bits per heavy atom. The summed E-state index contributed by atoms with van der Waals surface area (Å²) in [4.78, 5) is 26.1. The molecule has 0 aliphatic rings. The first-order chi connectivity index (χ1) is 12.1. The maximum Gasteiger partial charge on any atom is 0.241 e.